The van der Waals surface area contributed by atoms with Gasteiger partial charge in [-0.1, -0.05) is 0 Å². The highest BCUT2D eigenvalue weighted by molar-refractivity contribution is 5.95. The zero-order valence-electron chi connectivity index (χ0n) is 18.5. The van der Waals surface area contributed by atoms with E-state index in [0.717, 1.165) is 53.7 Å². The zero-order chi connectivity index (χ0) is 22.2. The van der Waals surface area contributed by atoms with Gasteiger partial charge in [0.1, 0.15) is 11.9 Å². The van der Waals surface area contributed by atoms with Crippen molar-refractivity contribution in [1.29, 1.82) is 0 Å². The molecule has 9 nitrogen and oxygen atoms in total. The van der Waals surface area contributed by atoms with Crippen molar-refractivity contribution in [3.63, 3.8) is 0 Å². The number of aryl methyl sites for hydroxylation is 2. The second-order valence-electron chi connectivity index (χ2n) is 8.34. The molecule has 0 amide bonds. The van der Waals surface area contributed by atoms with Crippen LogP contribution in [0.2, 0.25) is 0 Å². The summed E-state index contributed by atoms with van der Waals surface area (Å²) in [5.74, 6) is 1.35. The largest absolute Gasteiger partial charge is 0.473 e. The minimum atomic E-state index is -0.139. The number of fused-ring (bicyclic) bond motifs is 1. The van der Waals surface area contributed by atoms with E-state index in [1.54, 1.807) is 13.1 Å². The molecule has 1 N–H and O–H groups in total. The zero-order valence-corrected chi connectivity index (χ0v) is 18.5. The van der Waals surface area contributed by atoms with Gasteiger partial charge in [-0.05, 0) is 31.7 Å². The van der Waals surface area contributed by atoms with Gasteiger partial charge >= 0.3 is 0 Å². The monoisotopic (exact) mass is 433 g/mol. The van der Waals surface area contributed by atoms with Gasteiger partial charge in [0.15, 0.2) is 0 Å². The van der Waals surface area contributed by atoms with E-state index in [1.165, 1.54) is 10.7 Å². The average molecular weight is 434 g/mol. The van der Waals surface area contributed by atoms with E-state index in [-0.39, 0.29) is 11.7 Å². The first-order chi connectivity index (χ1) is 15.5. The molecule has 9 heteroatoms. The van der Waals surface area contributed by atoms with Crippen LogP contribution in [0.1, 0.15) is 31.7 Å². The fraction of sp³-hybridized carbons (Fsp3) is 0.391. The second-order valence-corrected chi connectivity index (χ2v) is 8.34. The first-order valence-corrected chi connectivity index (χ1v) is 10.9. The lowest BCUT2D eigenvalue weighted by atomic mass is 9.92. The summed E-state index contributed by atoms with van der Waals surface area (Å²) >= 11 is 0. The lowest BCUT2D eigenvalue weighted by Gasteiger charge is -2.30. The molecule has 0 atom stereocenters. The van der Waals surface area contributed by atoms with Crippen LogP contribution >= 0.6 is 0 Å². The maximum absolute atomic E-state index is 11.5. The highest BCUT2D eigenvalue weighted by atomic mass is 16.5. The number of hydrogen-bond donors (Lipinski definition) is 1. The number of pyridine rings is 1. The number of ether oxygens (including phenoxy) is 1. The fourth-order valence-electron chi connectivity index (χ4n) is 4.50. The summed E-state index contributed by atoms with van der Waals surface area (Å²) in [7, 11) is 5.45. The van der Waals surface area contributed by atoms with Crippen LogP contribution < -0.4 is 15.6 Å². The third kappa shape index (κ3) is 3.74. The predicted octanol–water partition coefficient (Wildman–Crippen LogP) is 3.13. The van der Waals surface area contributed by atoms with Crippen LogP contribution in [0.3, 0.4) is 0 Å². The summed E-state index contributed by atoms with van der Waals surface area (Å²) in [4.78, 5) is 16.1. The highest BCUT2D eigenvalue weighted by Crippen LogP contribution is 2.37. The van der Waals surface area contributed by atoms with Crippen LogP contribution in [-0.2, 0) is 14.1 Å². The van der Waals surface area contributed by atoms with Crippen LogP contribution in [0.5, 0.6) is 5.88 Å². The van der Waals surface area contributed by atoms with E-state index in [9.17, 15) is 4.79 Å². The summed E-state index contributed by atoms with van der Waals surface area (Å²) in [6, 6.07) is 7.66. The van der Waals surface area contributed by atoms with Crippen molar-refractivity contribution in [1.82, 2.24) is 29.1 Å². The topological polar surface area (TPSA) is 91.8 Å². The Balaban J connectivity index is 1.40. The Morgan fingerprint density at radius 3 is 2.59 bits per heavy atom. The first kappa shape index (κ1) is 20.3. The van der Waals surface area contributed by atoms with Gasteiger partial charge in [0.2, 0.25) is 5.88 Å². The molecule has 1 saturated carbocycles. The third-order valence-corrected chi connectivity index (χ3v) is 6.22. The smallest absolute Gasteiger partial charge is 0.266 e. The van der Waals surface area contributed by atoms with E-state index in [0.29, 0.717) is 11.9 Å². The lowest BCUT2D eigenvalue weighted by molar-refractivity contribution is 0.126. The normalized spacial score (nSPS) is 18.7. The van der Waals surface area contributed by atoms with E-state index in [2.05, 4.69) is 37.3 Å². The average Bonchev–Trinajstić information content (AvgIpc) is 3.40. The van der Waals surface area contributed by atoms with Gasteiger partial charge in [0.25, 0.3) is 5.56 Å². The van der Waals surface area contributed by atoms with Crippen molar-refractivity contribution in [2.75, 3.05) is 12.4 Å². The number of anilines is 1. The summed E-state index contributed by atoms with van der Waals surface area (Å²) in [6.45, 7) is 0. The molecular weight excluding hydrogens is 406 g/mol. The number of aromatic nitrogens is 6. The Labute approximate surface area is 185 Å². The lowest BCUT2D eigenvalue weighted by Crippen LogP contribution is -2.27. The van der Waals surface area contributed by atoms with E-state index in [4.69, 9.17) is 4.74 Å². The molecule has 0 spiro atoms. The number of nitrogens with one attached hydrogen (secondary N) is 1. The van der Waals surface area contributed by atoms with Crippen molar-refractivity contribution in [2.24, 2.45) is 14.1 Å². The van der Waals surface area contributed by atoms with Crippen LogP contribution in [0.15, 0.2) is 47.7 Å². The summed E-state index contributed by atoms with van der Waals surface area (Å²) in [5.41, 5.74) is 3.07. The van der Waals surface area contributed by atoms with Gasteiger partial charge in [-0.3, -0.25) is 9.48 Å². The number of nitrogens with zero attached hydrogens (tertiary/aromatic N) is 6. The van der Waals surface area contributed by atoms with Crippen molar-refractivity contribution in [3.05, 3.63) is 53.2 Å². The van der Waals surface area contributed by atoms with Gasteiger partial charge in [0.05, 0.1) is 11.2 Å². The van der Waals surface area contributed by atoms with Crippen molar-refractivity contribution < 1.29 is 4.74 Å². The van der Waals surface area contributed by atoms with Crippen LogP contribution in [-0.4, -0.2) is 42.3 Å². The maximum Gasteiger partial charge on any atom is 0.266 e. The minimum absolute atomic E-state index is 0.0999. The van der Waals surface area contributed by atoms with Crippen LogP contribution in [0, 0.1) is 0 Å². The fourth-order valence-corrected chi connectivity index (χ4v) is 4.50. The summed E-state index contributed by atoms with van der Waals surface area (Å²) in [6.07, 6.45) is 10.1. The molecular formula is C23H27N7O2. The highest BCUT2D eigenvalue weighted by Gasteiger charge is 2.26. The van der Waals surface area contributed by atoms with E-state index in [1.807, 2.05) is 37.2 Å². The summed E-state index contributed by atoms with van der Waals surface area (Å²) in [5, 5.41) is 13.1. The molecule has 0 unspecified atom stereocenters. The molecule has 0 aromatic carbocycles. The van der Waals surface area contributed by atoms with Gasteiger partial charge in [-0.15, -0.1) is 5.10 Å². The van der Waals surface area contributed by atoms with Crippen molar-refractivity contribution in [3.8, 4) is 17.1 Å². The standard InChI is InChI=1S/C23H27N7O2/c1-24-21-12-20-17(13-25-21)18(19-10-11-28(2)26-19)14-30(20)15-4-6-16(7-5-15)32-22-8-9-23(31)29(3)27-22/h8-16H,4-7H2,1-3H3,(H,24,25). The van der Waals surface area contributed by atoms with E-state index < -0.39 is 0 Å². The molecule has 1 aliphatic carbocycles. The van der Waals surface area contributed by atoms with Gasteiger partial charge in [0, 0.05) is 74.9 Å². The minimum Gasteiger partial charge on any atom is -0.473 e. The molecule has 4 aromatic heterocycles. The Bertz CT molecular complexity index is 1310. The number of rotatable bonds is 5. The number of hydrogen-bond acceptors (Lipinski definition) is 6. The Hall–Kier alpha value is -3.62. The van der Waals surface area contributed by atoms with Gasteiger partial charge in [-0.25, -0.2) is 9.67 Å². The molecule has 0 aliphatic heterocycles. The van der Waals surface area contributed by atoms with Gasteiger partial charge in [-0.2, -0.15) is 5.10 Å². The SMILES string of the molecule is CNc1cc2c(cn1)c(-c1ccn(C)n1)cn2C1CCC(Oc2ccc(=O)n(C)n2)CC1. The molecule has 32 heavy (non-hydrogen) atoms. The Kier molecular flexibility index (Phi) is 5.16. The van der Waals surface area contributed by atoms with Gasteiger partial charge < -0.3 is 14.6 Å². The van der Waals surface area contributed by atoms with Crippen molar-refractivity contribution in [2.45, 2.75) is 37.8 Å². The Morgan fingerprint density at radius 2 is 1.91 bits per heavy atom. The molecule has 5 rings (SSSR count). The molecule has 1 fully saturated rings. The molecule has 4 aromatic rings. The van der Waals surface area contributed by atoms with Crippen LogP contribution in [0.4, 0.5) is 5.82 Å². The molecule has 0 radical (unpaired) electrons. The quantitative estimate of drug-likeness (QED) is 0.520. The summed E-state index contributed by atoms with van der Waals surface area (Å²) < 4.78 is 11.6. The maximum atomic E-state index is 11.5. The second kappa shape index (κ2) is 8.14. The molecule has 4 heterocycles. The first-order valence-electron chi connectivity index (χ1n) is 10.9. The molecule has 0 bridgehead atoms. The van der Waals surface area contributed by atoms with Crippen LogP contribution in [0.25, 0.3) is 22.2 Å². The molecule has 1 aliphatic rings. The van der Waals surface area contributed by atoms with Crippen molar-refractivity contribution >= 4 is 16.7 Å². The predicted molar refractivity (Wildman–Crippen MR) is 123 cm³/mol. The van der Waals surface area contributed by atoms with E-state index >= 15 is 0 Å². The molecule has 0 saturated heterocycles. The Morgan fingerprint density at radius 1 is 1.09 bits per heavy atom. The molecule has 166 valence electrons. The third-order valence-electron chi connectivity index (χ3n) is 6.22.